The Labute approximate surface area is 237 Å². The topological polar surface area (TPSA) is 137 Å². The van der Waals surface area contributed by atoms with Gasteiger partial charge in [-0.3, -0.25) is 9.36 Å². The van der Waals surface area contributed by atoms with Crippen LogP contribution < -0.4 is 5.32 Å². The lowest BCUT2D eigenvalue weighted by Gasteiger charge is -2.37. The lowest BCUT2D eigenvalue weighted by atomic mass is 10.1. The van der Waals surface area contributed by atoms with E-state index in [1.165, 1.54) is 6.33 Å². The molecule has 0 spiro atoms. The number of amides is 1. The van der Waals surface area contributed by atoms with Gasteiger partial charge in [0.2, 0.25) is 0 Å². The number of nitrogens with one attached hydrogen (secondary N) is 1. The van der Waals surface area contributed by atoms with Crippen LogP contribution in [0.4, 0.5) is 5.82 Å². The van der Waals surface area contributed by atoms with Gasteiger partial charge >= 0.3 is 0 Å². The summed E-state index contributed by atoms with van der Waals surface area (Å²) in [5.74, 6) is -0.0577. The van der Waals surface area contributed by atoms with Gasteiger partial charge < -0.3 is 23.8 Å². The Morgan fingerprint density at radius 3 is 2.62 bits per heavy atom. The zero-order chi connectivity index (χ0) is 29.5. The van der Waals surface area contributed by atoms with Gasteiger partial charge in [0.15, 0.2) is 23.2 Å². The minimum Gasteiger partial charge on any atom is -0.374 e. The van der Waals surface area contributed by atoms with Crippen LogP contribution in [0.1, 0.15) is 59.0 Å². The number of hydrogen-bond acceptors (Lipinski definition) is 10. The number of imidazole rings is 1. The molecule has 1 N–H and O–H groups in total. The van der Waals surface area contributed by atoms with E-state index in [2.05, 4.69) is 58.7 Å². The van der Waals surface area contributed by atoms with Crippen LogP contribution in [0.3, 0.4) is 0 Å². The van der Waals surface area contributed by atoms with Crippen LogP contribution in [-0.2, 0) is 18.5 Å². The van der Waals surface area contributed by atoms with Gasteiger partial charge in [-0.2, -0.15) is 5.26 Å². The summed E-state index contributed by atoms with van der Waals surface area (Å²) in [7, 11) is -0.0375. The number of anilines is 1. The summed E-state index contributed by atoms with van der Waals surface area (Å²) in [6, 6.07) is 11.1. The molecule has 0 aliphatic carbocycles. The average Bonchev–Trinajstić information content (AvgIpc) is 3.54. The van der Waals surface area contributed by atoms with Crippen molar-refractivity contribution in [3.63, 3.8) is 0 Å². The van der Waals surface area contributed by atoms with Crippen molar-refractivity contribution in [3.05, 3.63) is 48.5 Å². The summed E-state index contributed by atoms with van der Waals surface area (Å²) in [5, 5.41) is 11.9. The molecule has 2 unspecified atom stereocenters. The van der Waals surface area contributed by atoms with Gasteiger partial charge in [0, 0.05) is 26.1 Å². The first-order chi connectivity index (χ1) is 19.8. The van der Waals surface area contributed by atoms with Crippen LogP contribution in [0.2, 0.25) is 0 Å². The molecule has 13 heteroatoms. The number of nitriles is 1. The molecule has 2 aromatic heterocycles. The van der Waals surface area contributed by atoms with E-state index in [0.717, 1.165) is 0 Å². The van der Waals surface area contributed by atoms with E-state index in [1.807, 2.05) is 6.07 Å². The molecule has 4 rings (SSSR count). The first-order valence-electron chi connectivity index (χ1n) is 13.8. The number of carbonyl (C=O) groups is 1. The Morgan fingerprint density at radius 1 is 1.23 bits per heavy atom. The summed E-state index contributed by atoms with van der Waals surface area (Å²) in [6.07, 6.45) is 0.498. The van der Waals surface area contributed by atoms with Crippen molar-refractivity contribution in [2.24, 2.45) is 0 Å². The molecule has 1 aromatic carbocycles. The van der Waals surface area contributed by atoms with E-state index in [9.17, 15) is 4.79 Å². The van der Waals surface area contributed by atoms with Crippen LogP contribution in [-0.4, -0.2) is 74.2 Å². The average molecular weight is 571 g/mol. The van der Waals surface area contributed by atoms with Crippen LogP contribution in [0.15, 0.2) is 43.0 Å². The number of methoxy groups -OCH3 is 1. The van der Waals surface area contributed by atoms with Crippen LogP contribution >= 0.6 is 8.53 Å². The highest BCUT2D eigenvalue weighted by atomic mass is 31.2. The van der Waals surface area contributed by atoms with Crippen molar-refractivity contribution in [1.29, 1.82) is 5.26 Å². The Bertz CT molecular complexity index is 1330. The van der Waals surface area contributed by atoms with E-state index < -0.39 is 33.1 Å². The van der Waals surface area contributed by atoms with Gasteiger partial charge in [0.25, 0.3) is 14.4 Å². The molecule has 3 aromatic rings. The molecular formula is C27H36N7O5P. The lowest BCUT2D eigenvalue weighted by Crippen LogP contribution is -2.39. The molecule has 12 nitrogen and oxygen atoms in total. The quantitative estimate of drug-likeness (QED) is 0.242. The molecule has 0 bridgehead atoms. The highest BCUT2D eigenvalue weighted by molar-refractivity contribution is 7.44. The maximum absolute atomic E-state index is 12.8. The van der Waals surface area contributed by atoms with Crippen LogP contribution in [0.5, 0.6) is 0 Å². The maximum atomic E-state index is 12.8. The molecule has 1 amide bonds. The fraction of sp³-hybridized carbons (Fsp3) is 0.519. The highest BCUT2D eigenvalue weighted by Crippen LogP contribution is 2.50. The Hall–Kier alpha value is -3.04. The van der Waals surface area contributed by atoms with E-state index in [1.54, 1.807) is 42.3 Å². The summed E-state index contributed by atoms with van der Waals surface area (Å²) < 4.78 is 36.9. The second-order valence-corrected chi connectivity index (χ2v) is 11.2. The zero-order valence-corrected chi connectivity index (χ0v) is 24.2. The summed E-state index contributed by atoms with van der Waals surface area (Å²) >= 11 is 0. The summed E-state index contributed by atoms with van der Waals surface area (Å²) in [6.45, 7) is 8.37. The molecule has 3 heterocycles. The SMILES string of the molecule is [2H]C[C@H]1O[C@@H](n2cnc3c(NC(=O)c4ccccc4)ncnc32)[C@@H](OC)C1OP(OCCC#N)N(C(C)C)C(C)C. The Kier molecular flexibility index (Phi) is 9.65. The number of hydrogen-bond donors (Lipinski definition) is 1. The van der Waals surface area contributed by atoms with Gasteiger partial charge in [-0.1, -0.05) is 18.2 Å². The molecule has 40 heavy (non-hydrogen) atoms. The second kappa shape index (κ2) is 13.5. The number of rotatable bonds is 12. The highest BCUT2D eigenvalue weighted by Gasteiger charge is 2.48. The van der Waals surface area contributed by atoms with Crippen molar-refractivity contribution in [3.8, 4) is 6.07 Å². The first kappa shape index (κ1) is 28.5. The smallest absolute Gasteiger partial charge is 0.259 e. The number of aromatic nitrogens is 4. The van der Waals surface area contributed by atoms with Gasteiger partial charge in [0.1, 0.15) is 18.5 Å². The number of carbonyl (C=O) groups excluding carboxylic acids is 1. The van der Waals surface area contributed by atoms with Crippen LogP contribution in [0.25, 0.3) is 11.2 Å². The molecule has 1 saturated heterocycles. The van der Waals surface area contributed by atoms with Gasteiger partial charge in [0.05, 0.1) is 31.5 Å². The van der Waals surface area contributed by atoms with Gasteiger partial charge in [-0.15, -0.1) is 0 Å². The van der Waals surface area contributed by atoms with Crippen molar-refractivity contribution >= 4 is 31.4 Å². The number of nitrogens with zero attached hydrogens (tertiary/aromatic N) is 6. The zero-order valence-electron chi connectivity index (χ0n) is 24.3. The summed E-state index contributed by atoms with van der Waals surface area (Å²) in [4.78, 5) is 25.9. The predicted molar refractivity (Wildman–Crippen MR) is 150 cm³/mol. The van der Waals surface area contributed by atoms with Crippen molar-refractivity contribution in [1.82, 2.24) is 24.2 Å². The van der Waals surface area contributed by atoms with Gasteiger partial charge in [-0.25, -0.2) is 19.6 Å². The summed E-state index contributed by atoms with van der Waals surface area (Å²) in [5.41, 5.74) is 1.30. The standard InChI is InChI=1S/C27H36N7O5P/c1-17(2)34(18(3)4)40(37-14-10-13-28)39-22-19(5)38-27(23(22)36-6)33-16-31-21-24(29-15-30-25(21)33)32-26(35)20-11-8-7-9-12-20/h7-9,11-12,15-19,22-23,27H,10,14H2,1-6H3,(H,29,30,32,35)/t19-,22?,23+,27-,40?/m1/s1/i5D. The number of benzene rings is 1. The minimum absolute atomic E-state index is 0.0776. The molecule has 0 radical (unpaired) electrons. The monoisotopic (exact) mass is 570 g/mol. The Balaban J connectivity index is 1.62. The third-order valence-corrected chi connectivity index (χ3v) is 8.46. The normalized spacial score (nSPS) is 22.1. The second-order valence-electron chi connectivity index (χ2n) is 9.75. The molecular weight excluding hydrogens is 533 g/mol. The lowest BCUT2D eigenvalue weighted by molar-refractivity contribution is -0.0466. The molecule has 1 aliphatic rings. The van der Waals surface area contributed by atoms with Crippen molar-refractivity contribution in [2.75, 3.05) is 19.0 Å². The van der Waals surface area contributed by atoms with E-state index in [4.69, 9.17) is 25.2 Å². The van der Waals surface area contributed by atoms with E-state index >= 15 is 0 Å². The largest absolute Gasteiger partial charge is 0.374 e. The van der Waals surface area contributed by atoms with E-state index in [0.29, 0.717) is 16.7 Å². The fourth-order valence-corrected chi connectivity index (χ4v) is 6.38. The third-order valence-electron chi connectivity index (χ3n) is 6.33. The minimum atomic E-state index is -1.60. The maximum Gasteiger partial charge on any atom is 0.259 e. The first-order valence-corrected chi connectivity index (χ1v) is 14.2. The van der Waals surface area contributed by atoms with E-state index in [-0.39, 0.29) is 43.7 Å². The number of ether oxygens (including phenoxy) is 2. The van der Waals surface area contributed by atoms with Crippen LogP contribution in [0, 0.1) is 11.3 Å². The fourth-order valence-electron chi connectivity index (χ4n) is 4.61. The van der Waals surface area contributed by atoms with Crippen molar-refractivity contribution in [2.45, 2.75) is 77.6 Å². The van der Waals surface area contributed by atoms with Gasteiger partial charge in [-0.05, 0) is 46.7 Å². The third kappa shape index (κ3) is 6.47. The molecule has 1 aliphatic heterocycles. The molecule has 214 valence electrons. The Morgan fingerprint density at radius 2 is 1.98 bits per heavy atom. The molecule has 1 fully saturated rings. The molecule has 5 atom stereocenters. The number of fused-ring (bicyclic) bond motifs is 1. The predicted octanol–water partition coefficient (Wildman–Crippen LogP) is 4.67. The van der Waals surface area contributed by atoms with Crippen molar-refractivity contribution < 1.29 is 24.7 Å². The molecule has 0 saturated carbocycles.